The number of rotatable bonds is 10. The quantitative estimate of drug-likeness (QED) is 0.156. The average molecular weight is 699 g/mol. The molecule has 1 fully saturated rings. The van der Waals surface area contributed by atoms with Crippen LogP contribution in [0.1, 0.15) is 38.9 Å². The van der Waals surface area contributed by atoms with Crippen molar-refractivity contribution in [1.82, 2.24) is 14.5 Å². The second-order valence-corrected chi connectivity index (χ2v) is 12.8. The van der Waals surface area contributed by atoms with E-state index in [1.54, 1.807) is 73.4 Å². The molecule has 11 heteroatoms. The number of aryl methyl sites for hydroxylation is 1. The van der Waals surface area contributed by atoms with E-state index in [0.29, 0.717) is 51.5 Å². The largest absolute Gasteiger partial charge is 0.487 e. The molecular weight excluding hydrogens is 661 g/mol. The summed E-state index contributed by atoms with van der Waals surface area (Å²) in [5.41, 5.74) is 12.3. The number of ether oxygens (including phenoxy) is 2. The summed E-state index contributed by atoms with van der Waals surface area (Å²) in [6.45, 7) is 5.05. The molecule has 0 spiro atoms. The van der Waals surface area contributed by atoms with E-state index >= 15 is 0 Å². The number of benzene rings is 3. The number of para-hydroxylation sites is 1. The van der Waals surface area contributed by atoms with Crippen molar-refractivity contribution < 1.29 is 19.1 Å². The molecule has 9 nitrogen and oxygen atoms in total. The highest BCUT2D eigenvalue weighted by atomic mass is 35.5. The molecule has 49 heavy (non-hydrogen) atoms. The maximum atomic E-state index is 13.2. The van der Waals surface area contributed by atoms with Crippen molar-refractivity contribution in [1.29, 1.82) is 0 Å². The van der Waals surface area contributed by atoms with Gasteiger partial charge < -0.3 is 29.6 Å². The van der Waals surface area contributed by atoms with E-state index < -0.39 is 6.04 Å². The number of nitrogens with zero attached hydrogens (tertiary/aromatic N) is 4. The number of aromatic nitrogens is 2. The van der Waals surface area contributed by atoms with Gasteiger partial charge in [-0.25, -0.2) is 4.98 Å². The second kappa shape index (κ2) is 14.8. The van der Waals surface area contributed by atoms with E-state index in [-0.39, 0.29) is 18.3 Å². The fraction of sp³-hybridized carbons (Fsp3) is 0.237. The van der Waals surface area contributed by atoms with Crippen LogP contribution < -0.4 is 15.4 Å². The Morgan fingerprint density at radius 2 is 1.78 bits per heavy atom. The molecule has 0 aliphatic carbocycles. The summed E-state index contributed by atoms with van der Waals surface area (Å²) in [6.07, 6.45) is 4.92. The first-order chi connectivity index (χ1) is 23.6. The van der Waals surface area contributed by atoms with E-state index in [4.69, 9.17) is 43.4 Å². The summed E-state index contributed by atoms with van der Waals surface area (Å²) >= 11 is 13.7. The van der Waals surface area contributed by atoms with Gasteiger partial charge in [0, 0.05) is 72.0 Å². The Balaban J connectivity index is 1.22. The molecule has 1 aliphatic heterocycles. The molecule has 6 rings (SSSR count). The molecule has 1 aliphatic rings. The van der Waals surface area contributed by atoms with E-state index in [1.807, 2.05) is 25.1 Å². The number of carbonyl (C=O) groups excluding carboxylic acids is 2. The van der Waals surface area contributed by atoms with E-state index in [2.05, 4.69) is 17.0 Å². The molecule has 0 bridgehead atoms. The second-order valence-electron chi connectivity index (χ2n) is 12.0. The Kier molecular flexibility index (Phi) is 10.4. The maximum absolute atomic E-state index is 13.2. The lowest BCUT2D eigenvalue weighted by Gasteiger charge is -2.30. The highest BCUT2D eigenvalue weighted by Crippen LogP contribution is 2.36. The van der Waals surface area contributed by atoms with Gasteiger partial charge in [0.1, 0.15) is 23.9 Å². The number of fused-ring (bicyclic) bond motifs is 1. The molecule has 2 aromatic heterocycles. The molecule has 1 atom stereocenters. The first-order valence-electron chi connectivity index (χ1n) is 15.9. The third kappa shape index (κ3) is 7.35. The zero-order valence-electron chi connectivity index (χ0n) is 27.5. The van der Waals surface area contributed by atoms with Crippen molar-refractivity contribution in [3.8, 4) is 11.4 Å². The van der Waals surface area contributed by atoms with Crippen LogP contribution in [0.5, 0.6) is 5.75 Å². The average Bonchev–Trinajstić information content (AvgIpc) is 3.60. The number of morpholine rings is 1. The van der Waals surface area contributed by atoms with Crippen LogP contribution in [-0.2, 0) is 16.1 Å². The Bertz CT molecular complexity index is 2030. The van der Waals surface area contributed by atoms with Crippen LogP contribution in [0, 0.1) is 6.92 Å². The third-order valence-electron chi connectivity index (χ3n) is 8.47. The Hall–Kier alpha value is -4.67. The molecule has 1 saturated heterocycles. The first kappa shape index (κ1) is 34.2. The maximum Gasteiger partial charge on any atom is 0.253 e. The predicted molar refractivity (Wildman–Crippen MR) is 195 cm³/mol. The van der Waals surface area contributed by atoms with Gasteiger partial charge in [0.25, 0.3) is 5.91 Å². The lowest BCUT2D eigenvalue weighted by Crippen LogP contribution is -2.36. The van der Waals surface area contributed by atoms with Crippen LogP contribution >= 0.6 is 23.2 Å². The molecular formula is C38H37Cl2N5O4. The Morgan fingerprint density at radius 1 is 1.02 bits per heavy atom. The fourth-order valence-corrected chi connectivity index (χ4v) is 6.43. The molecule has 1 amide bonds. The van der Waals surface area contributed by atoms with Crippen LogP contribution in [0.4, 0.5) is 5.69 Å². The summed E-state index contributed by atoms with van der Waals surface area (Å²) in [6, 6.07) is 21.2. The minimum absolute atomic E-state index is 0.0936. The van der Waals surface area contributed by atoms with Crippen LogP contribution in [0.25, 0.3) is 22.7 Å². The van der Waals surface area contributed by atoms with Crippen molar-refractivity contribution in [3.63, 3.8) is 0 Å². The monoisotopic (exact) mass is 697 g/mol. The minimum atomic E-state index is -0.960. The van der Waals surface area contributed by atoms with Gasteiger partial charge in [0.15, 0.2) is 5.78 Å². The first-order valence-corrected chi connectivity index (χ1v) is 16.7. The standard InChI is InChI=1S/C38H37Cl2N5O4/c1-24-22-32(44-18-20-48-21-19-44)27-6-4-8-34(37(27)42-24)49-23-28-29(39)14-15-30(35(28)40)45-17-5-7-31(45)36(41)33(46)16-11-25-9-12-26(13-10-25)38(47)43(2)3/h4-17,22,36H,18-21,23,41H2,1-3H3/b16-11+. The van der Waals surface area contributed by atoms with Crippen LogP contribution in [0.15, 0.2) is 85.1 Å². The fourth-order valence-electron chi connectivity index (χ4n) is 5.85. The summed E-state index contributed by atoms with van der Waals surface area (Å²) in [5.74, 6) is 0.231. The van der Waals surface area contributed by atoms with E-state index in [9.17, 15) is 9.59 Å². The van der Waals surface area contributed by atoms with Gasteiger partial charge in [-0.3, -0.25) is 9.59 Å². The summed E-state index contributed by atoms with van der Waals surface area (Å²) in [5, 5.41) is 1.82. The Morgan fingerprint density at radius 3 is 2.51 bits per heavy atom. The lowest BCUT2D eigenvalue weighted by atomic mass is 10.1. The van der Waals surface area contributed by atoms with E-state index in [1.165, 1.54) is 11.0 Å². The number of nitrogens with two attached hydrogens (primary N) is 1. The van der Waals surface area contributed by atoms with Crippen LogP contribution in [-0.4, -0.2) is 66.5 Å². The number of halogens is 2. The molecule has 5 aromatic rings. The van der Waals surface area contributed by atoms with Crippen LogP contribution in [0.3, 0.4) is 0 Å². The molecule has 0 saturated carbocycles. The zero-order valence-corrected chi connectivity index (χ0v) is 29.0. The number of hydrogen-bond donors (Lipinski definition) is 1. The number of hydrogen-bond acceptors (Lipinski definition) is 7. The van der Waals surface area contributed by atoms with Gasteiger partial charge in [-0.2, -0.15) is 0 Å². The van der Waals surface area contributed by atoms with Gasteiger partial charge in [0.05, 0.1) is 23.9 Å². The van der Waals surface area contributed by atoms with Gasteiger partial charge >= 0.3 is 0 Å². The third-order valence-corrected chi connectivity index (χ3v) is 9.24. The van der Waals surface area contributed by atoms with Crippen molar-refractivity contribution in [2.75, 3.05) is 45.3 Å². The summed E-state index contributed by atoms with van der Waals surface area (Å²) < 4.78 is 13.7. The van der Waals surface area contributed by atoms with Crippen molar-refractivity contribution in [2.45, 2.75) is 19.6 Å². The number of anilines is 1. The molecule has 0 radical (unpaired) electrons. The molecule has 1 unspecified atom stereocenters. The molecule has 252 valence electrons. The highest BCUT2D eigenvalue weighted by Gasteiger charge is 2.22. The van der Waals surface area contributed by atoms with Gasteiger partial charge in [-0.05, 0) is 67.1 Å². The number of amides is 1. The van der Waals surface area contributed by atoms with Crippen LogP contribution in [0.2, 0.25) is 10.0 Å². The van der Waals surface area contributed by atoms with E-state index in [0.717, 1.165) is 40.9 Å². The lowest BCUT2D eigenvalue weighted by molar-refractivity contribution is -0.115. The number of carbonyl (C=O) groups is 2. The predicted octanol–water partition coefficient (Wildman–Crippen LogP) is 7.04. The Labute approximate surface area is 295 Å². The smallest absolute Gasteiger partial charge is 0.253 e. The SMILES string of the molecule is Cc1cc(N2CCOCC2)c2cccc(OCc3c(Cl)ccc(-n4cccc4C(N)C(=O)/C=C/c4ccc(C(=O)N(C)C)cc4)c3Cl)c2n1. The normalized spacial score (nSPS) is 14.0. The van der Waals surface area contributed by atoms with Gasteiger partial charge in [-0.1, -0.05) is 53.5 Å². The highest BCUT2D eigenvalue weighted by molar-refractivity contribution is 6.37. The molecule has 3 heterocycles. The van der Waals surface area contributed by atoms with Crippen molar-refractivity contribution in [2.24, 2.45) is 5.73 Å². The van der Waals surface area contributed by atoms with Crippen molar-refractivity contribution >= 4 is 57.6 Å². The molecule has 3 aromatic carbocycles. The minimum Gasteiger partial charge on any atom is -0.487 e. The number of ketones is 1. The number of pyridine rings is 1. The molecule has 2 N–H and O–H groups in total. The van der Waals surface area contributed by atoms with Crippen molar-refractivity contribution in [3.05, 3.63) is 123 Å². The summed E-state index contributed by atoms with van der Waals surface area (Å²) in [4.78, 5) is 34.0. The summed E-state index contributed by atoms with van der Waals surface area (Å²) in [7, 11) is 3.40. The zero-order chi connectivity index (χ0) is 34.7. The van der Waals surface area contributed by atoms with Gasteiger partial charge in [0.2, 0.25) is 0 Å². The van der Waals surface area contributed by atoms with Gasteiger partial charge in [-0.15, -0.1) is 0 Å². The topological polar surface area (TPSA) is 103 Å².